The standard InChI is InChI=1S/C14H18BrCl2F2OSi/c1-13(2,21(3)4)7-20-8-14(18,19)9-5-11(16)12(17)6-10(9)15/h5-6H,7-8H2,1-4H3. The van der Waals surface area contributed by atoms with Crippen LogP contribution in [0, 0.1) is 0 Å². The highest BCUT2D eigenvalue weighted by molar-refractivity contribution is 9.10. The molecule has 0 atom stereocenters. The largest absolute Gasteiger partial charge is 0.375 e. The summed E-state index contributed by atoms with van der Waals surface area (Å²) in [4.78, 5) is 0. The lowest BCUT2D eigenvalue weighted by Gasteiger charge is -2.29. The van der Waals surface area contributed by atoms with Crippen molar-refractivity contribution in [1.82, 2.24) is 0 Å². The van der Waals surface area contributed by atoms with Crippen molar-refractivity contribution in [3.63, 3.8) is 0 Å². The van der Waals surface area contributed by atoms with E-state index in [-0.39, 0.29) is 25.1 Å². The first-order valence-electron chi connectivity index (χ1n) is 6.38. The van der Waals surface area contributed by atoms with E-state index in [1.165, 1.54) is 12.1 Å². The van der Waals surface area contributed by atoms with Crippen LogP contribution in [0.4, 0.5) is 8.78 Å². The average molecular weight is 419 g/mol. The number of halogens is 5. The third-order valence-corrected chi connectivity index (χ3v) is 7.73. The molecule has 21 heavy (non-hydrogen) atoms. The molecule has 119 valence electrons. The maximum atomic E-state index is 14.3. The van der Waals surface area contributed by atoms with E-state index >= 15 is 0 Å². The molecular formula is C14H18BrCl2F2OSi. The lowest BCUT2D eigenvalue weighted by molar-refractivity contribution is -0.0866. The number of ether oxygens (including phenoxy) is 1. The maximum Gasteiger partial charge on any atom is 0.297 e. The lowest BCUT2D eigenvalue weighted by atomic mass is 10.1. The molecule has 0 aliphatic carbocycles. The molecule has 0 N–H and O–H groups in total. The summed E-state index contributed by atoms with van der Waals surface area (Å²) in [5.74, 6) is -3.13. The van der Waals surface area contributed by atoms with Gasteiger partial charge in [-0.05, 0) is 17.2 Å². The number of alkyl halides is 2. The molecular weight excluding hydrogens is 401 g/mol. The molecule has 0 aliphatic heterocycles. The summed E-state index contributed by atoms with van der Waals surface area (Å²) in [5.41, 5.74) is -0.215. The Morgan fingerprint density at radius 3 is 2.19 bits per heavy atom. The van der Waals surface area contributed by atoms with Crippen LogP contribution < -0.4 is 0 Å². The van der Waals surface area contributed by atoms with Gasteiger partial charge in [-0.2, -0.15) is 8.78 Å². The smallest absolute Gasteiger partial charge is 0.297 e. The summed E-state index contributed by atoms with van der Waals surface area (Å²) in [6, 6.07) is 2.55. The van der Waals surface area contributed by atoms with Gasteiger partial charge in [-0.25, -0.2) is 0 Å². The van der Waals surface area contributed by atoms with Crippen LogP contribution in [0.25, 0.3) is 0 Å². The van der Waals surface area contributed by atoms with Crippen molar-refractivity contribution in [2.75, 3.05) is 13.2 Å². The fourth-order valence-corrected chi connectivity index (χ4v) is 2.94. The van der Waals surface area contributed by atoms with E-state index in [0.29, 0.717) is 6.61 Å². The lowest BCUT2D eigenvalue weighted by Crippen LogP contribution is -2.29. The highest BCUT2D eigenvalue weighted by atomic mass is 79.9. The van der Waals surface area contributed by atoms with Gasteiger partial charge in [-0.15, -0.1) is 0 Å². The molecule has 1 nitrogen and oxygen atoms in total. The third kappa shape index (κ3) is 5.17. The second kappa shape index (κ2) is 7.26. The molecule has 7 heteroatoms. The van der Waals surface area contributed by atoms with E-state index in [1.807, 2.05) is 13.8 Å². The molecule has 0 amide bonds. The van der Waals surface area contributed by atoms with Crippen molar-refractivity contribution >= 4 is 47.9 Å². The summed E-state index contributed by atoms with van der Waals surface area (Å²) in [6.07, 6.45) is 0. The molecule has 0 fully saturated rings. The molecule has 0 heterocycles. The SMILES string of the molecule is C[Si](C)C(C)(C)COCC(F)(F)c1cc(Cl)c(Cl)cc1Br. The second-order valence-electron chi connectivity index (χ2n) is 5.83. The molecule has 1 rings (SSSR count). The zero-order chi connectivity index (χ0) is 16.4. The number of rotatable bonds is 6. The van der Waals surface area contributed by atoms with E-state index in [4.69, 9.17) is 27.9 Å². The van der Waals surface area contributed by atoms with Gasteiger partial charge >= 0.3 is 0 Å². The topological polar surface area (TPSA) is 9.23 Å². The van der Waals surface area contributed by atoms with Gasteiger partial charge in [0, 0.05) is 16.6 Å². The Bertz CT molecular complexity index is 510. The van der Waals surface area contributed by atoms with E-state index in [2.05, 4.69) is 29.0 Å². The van der Waals surface area contributed by atoms with E-state index in [0.717, 1.165) is 0 Å². The Hall–Kier alpha value is 0.317. The molecule has 0 saturated carbocycles. The van der Waals surface area contributed by atoms with Gasteiger partial charge in [-0.1, -0.05) is 66.1 Å². The Morgan fingerprint density at radius 1 is 1.14 bits per heavy atom. The van der Waals surface area contributed by atoms with Crippen molar-refractivity contribution in [2.24, 2.45) is 0 Å². The number of hydrogen-bond donors (Lipinski definition) is 0. The molecule has 0 spiro atoms. The predicted octanol–water partition coefficient (Wildman–Crippen LogP) is 6.40. The normalized spacial score (nSPS) is 13.0. The molecule has 0 aromatic heterocycles. The first-order valence-corrected chi connectivity index (χ1v) is 10.4. The summed E-state index contributed by atoms with van der Waals surface area (Å²) in [7, 11) is -0.630. The van der Waals surface area contributed by atoms with Crippen molar-refractivity contribution in [3.8, 4) is 0 Å². The second-order valence-corrected chi connectivity index (χ2v) is 10.8. The van der Waals surface area contributed by atoms with E-state index in [9.17, 15) is 8.78 Å². The van der Waals surface area contributed by atoms with Gasteiger partial charge in [0.2, 0.25) is 0 Å². The zero-order valence-corrected chi connectivity index (χ0v) is 16.5. The Morgan fingerprint density at radius 2 is 1.67 bits per heavy atom. The Balaban J connectivity index is 2.81. The summed E-state index contributed by atoms with van der Waals surface area (Å²) in [5, 5.41) is 0.271. The van der Waals surface area contributed by atoms with Gasteiger partial charge in [0.1, 0.15) is 6.61 Å². The molecule has 1 aromatic rings. The summed E-state index contributed by atoms with van der Waals surface area (Å²) in [6.45, 7) is 7.98. The molecule has 1 aromatic carbocycles. The van der Waals surface area contributed by atoms with Crippen molar-refractivity contribution in [3.05, 3.63) is 32.2 Å². The van der Waals surface area contributed by atoms with Gasteiger partial charge in [0.25, 0.3) is 5.92 Å². The van der Waals surface area contributed by atoms with Gasteiger partial charge in [-0.3, -0.25) is 0 Å². The Labute approximate surface area is 144 Å². The summed E-state index contributed by atoms with van der Waals surface area (Å²) < 4.78 is 34.0. The van der Waals surface area contributed by atoms with Crippen molar-refractivity contribution in [2.45, 2.75) is 37.9 Å². The van der Waals surface area contributed by atoms with Crippen LogP contribution in [0.3, 0.4) is 0 Å². The highest BCUT2D eigenvalue weighted by Gasteiger charge is 2.36. The van der Waals surface area contributed by atoms with Crippen LogP contribution in [0.2, 0.25) is 28.2 Å². The van der Waals surface area contributed by atoms with Crippen LogP contribution in [0.5, 0.6) is 0 Å². The highest BCUT2D eigenvalue weighted by Crippen LogP contribution is 2.39. The predicted molar refractivity (Wildman–Crippen MR) is 90.4 cm³/mol. The molecule has 0 unspecified atom stereocenters. The van der Waals surface area contributed by atoms with Crippen LogP contribution in [-0.2, 0) is 10.7 Å². The van der Waals surface area contributed by atoms with Crippen LogP contribution in [0.15, 0.2) is 16.6 Å². The summed E-state index contributed by atoms with van der Waals surface area (Å²) >= 11 is 14.7. The van der Waals surface area contributed by atoms with E-state index < -0.39 is 21.3 Å². The molecule has 1 radical (unpaired) electrons. The first kappa shape index (κ1) is 19.4. The van der Waals surface area contributed by atoms with E-state index in [1.54, 1.807) is 0 Å². The minimum atomic E-state index is -3.13. The molecule has 0 aliphatic rings. The average Bonchev–Trinajstić information content (AvgIpc) is 2.32. The van der Waals surface area contributed by atoms with Crippen LogP contribution in [0.1, 0.15) is 19.4 Å². The maximum absolute atomic E-state index is 14.3. The van der Waals surface area contributed by atoms with Gasteiger partial charge < -0.3 is 4.74 Å². The molecule has 0 bridgehead atoms. The van der Waals surface area contributed by atoms with Crippen molar-refractivity contribution < 1.29 is 13.5 Å². The molecule has 0 saturated heterocycles. The van der Waals surface area contributed by atoms with Crippen LogP contribution in [-0.4, -0.2) is 22.0 Å². The number of hydrogen-bond acceptors (Lipinski definition) is 1. The minimum absolute atomic E-state index is 0.0599. The van der Waals surface area contributed by atoms with Crippen molar-refractivity contribution in [1.29, 1.82) is 0 Å². The number of benzene rings is 1. The zero-order valence-electron chi connectivity index (χ0n) is 12.4. The third-order valence-electron chi connectivity index (χ3n) is 3.50. The van der Waals surface area contributed by atoms with Crippen LogP contribution >= 0.6 is 39.1 Å². The minimum Gasteiger partial charge on any atom is -0.375 e. The van der Waals surface area contributed by atoms with Gasteiger partial charge in [0.05, 0.1) is 18.8 Å². The fourth-order valence-electron chi connectivity index (χ4n) is 1.46. The van der Waals surface area contributed by atoms with Gasteiger partial charge in [0.15, 0.2) is 0 Å². The quantitative estimate of drug-likeness (QED) is 0.383. The first-order chi connectivity index (χ1) is 9.47. The Kier molecular flexibility index (Phi) is 6.69. The fraction of sp³-hybridized carbons (Fsp3) is 0.571. The monoisotopic (exact) mass is 417 g/mol.